The van der Waals surface area contributed by atoms with Crippen LogP contribution in [0.1, 0.15) is 47.6 Å². The highest BCUT2D eigenvalue weighted by Crippen LogP contribution is 2.25. The molecule has 2 rings (SSSR count). The van der Waals surface area contributed by atoms with E-state index in [4.69, 9.17) is 0 Å². The Balaban J connectivity index is 2.05. The van der Waals surface area contributed by atoms with E-state index >= 15 is 0 Å². The van der Waals surface area contributed by atoms with Crippen LogP contribution in [0.25, 0.3) is 0 Å². The third kappa shape index (κ3) is 3.49. The van der Waals surface area contributed by atoms with Gasteiger partial charge in [0.2, 0.25) is 0 Å². The zero-order valence-electron chi connectivity index (χ0n) is 12.9. The Morgan fingerprint density at radius 2 is 2.20 bits per heavy atom. The van der Waals surface area contributed by atoms with E-state index in [0.717, 1.165) is 19.4 Å². The summed E-state index contributed by atoms with van der Waals surface area (Å²) < 4.78 is 1.99. The third-order valence-corrected chi connectivity index (χ3v) is 4.86. The molecule has 0 amide bonds. The highest BCUT2D eigenvalue weighted by Gasteiger charge is 2.15. The van der Waals surface area contributed by atoms with Gasteiger partial charge in [0.15, 0.2) is 0 Å². The summed E-state index contributed by atoms with van der Waals surface area (Å²) >= 11 is 1.85. The first kappa shape index (κ1) is 15.3. The number of aryl methyl sites for hydroxylation is 2. The Morgan fingerprint density at radius 1 is 1.40 bits per heavy atom. The fourth-order valence-corrected chi connectivity index (χ4v) is 3.46. The van der Waals surface area contributed by atoms with Gasteiger partial charge in [-0.1, -0.05) is 13.0 Å². The first-order valence-electron chi connectivity index (χ1n) is 7.39. The topological polar surface area (TPSA) is 29.9 Å². The molecule has 0 aliphatic rings. The lowest BCUT2D eigenvalue weighted by Crippen LogP contribution is -2.22. The minimum Gasteiger partial charge on any atom is -0.309 e. The lowest BCUT2D eigenvalue weighted by Gasteiger charge is -2.17. The van der Waals surface area contributed by atoms with E-state index in [-0.39, 0.29) is 0 Å². The molecule has 0 aliphatic heterocycles. The van der Waals surface area contributed by atoms with Crippen LogP contribution in [-0.4, -0.2) is 16.3 Å². The van der Waals surface area contributed by atoms with E-state index in [1.807, 2.05) is 23.1 Å². The molecule has 2 heterocycles. The molecule has 0 radical (unpaired) electrons. The molecule has 0 aliphatic carbocycles. The maximum Gasteiger partial charge on any atom is 0.0628 e. The normalized spacial score (nSPS) is 12.8. The molecular weight excluding hydrogens is 266 g/mol. The fourth-order valence-electron chi connectivity index (χ4n) is 2.62. The first-order chi connectivity index (χ1) is 9.63. The zero-order valence-corrected chi connectivity index (χ0v) is 13.8. The third-order valence-electron chi connectivity index (χ3n) is 3.87. The molecule has 3 nitrogen and oxygen atoms in total. The molecule has 0 fully saturated rings. The Hall–Kier alpha value is -1.13. The highest BCUT2D eigenvalue weighted by atomic mass is 32.1. The van der Waals surface area contributed by atoms with Crippen molar-refractivity contribution in [2.24, 2.45) is 7.05 Å². The van der Waals surface area contributed by atoms with Crippen LogP contribution in [0.4, 0.5) is 0 Å². The summed E-state index contributed by atoms with van der Waals surface area (Å²) in [5.41, 5.74) is 3.88. The summed E-state index contributed by atoms with van der Waals surface area (Å²) in [4.78, 5) is 1.44. The number of thiophene rings is 1. The highest BCUT2D eigenvalue weighted by molar-refractivity contribution is 7.10. The summed E-state index contributed by atoms with van der Waals surface area (Å²) in [6.45, 7) is 7.57. The van der Waals surface area contributed by atoms with Crippen LogP contribution in [0.15, 0.2) is 17.5 Å². The fraction of sp³-hybridized carbons (Fsp3) is 0.562. The molecule has 1 N–H and O–H groups in total. The Kier molecular flexibility index (Phi) is 5.38. The van der Waals surface area contributed by atoms with Crippen LogP contribution in [0.2, 0.25) is 0 Å². The summed E-state index contributed by atoms with van der Waals surface area (Å²) in [5.74, 6) is 0. The second-order valence-corrected chi connectivity index (χ2v) is 6.31. The lowest BCUT2D eigenvalue weighted by molar-refractivity contribution is 0.505. The van der Waals surface area contributed by atoms with Crippen molar-refractivity contribution in [2.45, 2.75) is 46.1 Å². The van der Waals surface area contributed by atoms with Crippen LogP contribution >= 0.6 is 11.3 Å². The molecule has 0 aromatic carbocycles. The van der Waals surface area contributed by atoms with Gasteiger partial charge in [-0.05, 0) is 56.7 Å². The van der Waals surface area contributed by atoms with Crippen LogP contribution in [-0.2, 0) is 13.5 Å². The lowest BCUT2D eigenvalue weighted by atomic mass is 10.0. The SMILES string of the molecule is CCCNC(CCc1c(C)nn(C)c1C)c1cccs1. The molecule has 0 spiro atoms. The Morgan fingerprint density at radius 3 is 2.75 bits per heavy atom. The molecule has 4 heteroatoms. The van der Waals surface area contributed by atoms with Gasteiger partial charge >= 0.3 is 0 Å². The van der Waals surface area contributed by atoms with E-state index in [1.165, 1.54) is 28.2 Å². The molecule has 2 aromatic rings. The number of rotatable bonds is 7. The maximum absolute atomic E-state index is 4.51. The quantitative estimate of drug-likeness (QED) is 0.841. The van der Waals surface area contributed by atoms with Crippen molar-refractivity contribution in [2.75, 3.05) is 6.54 Å². The molecule has 110 valence electrons. The molecule has 2 aromatic heterocycles. The van der Waals surface area contributed by atoms with Crippen molar-refractivity contribution >= 4 is 11.3 Å². The number of nitrogens with zero attached hydrogens (tertiary/aromatic N) is 2. The van der Waals surface area contributed by atoms with E-state index in [9.17, 15) is 0 Å². The first-order valence-corrected chi connectivity index (χ1v) is 8.27. The predicted octanol–water partition coefficient (Wildman–Crippen LogP) is 3.77. The second-order valence-electron chi connectivity index (χ2n) is 5.33. The molecule has 0 saturated heterocycles. The summed E-state index contributed by atoms with van der Waals surface area (Å²) in [6, 6.07) is 4.84. The van der Waals surface area contributed by atoms with Gasteiger partial charge in [-0.2, -0.15) is 5.10 Å². The minimum absolute atomic E-state index is 0.467. The number of hydrogen-bond donors (Lipinski definition) is 1. The second kappa shape index (κ2) is 7.04. The minimum atomic E-state index is 0.467. The van der Waals surface area contributed by atoms with Crippen molar-refractivity contribution in [3.8, 4) is 0 Å². The van der Waals surface area contributed by atoms with E-state index in [1.54, 1.807) is 0 Å². The van der Waals surface area contributed by atoms with Gasteiger partial charge in [-0.15, -0.1) is 11.3 Å². The molecule has 20 heavy (non-hydrogen) atoms. The summed E-state index contributed by atoms with van der Waals surface area (Å²) in [6.07, 6.45) is 3.39. The van der Waals surface area contributed by atoms with Gasteiger partial charge < -0.3 is 5.32 Å². The van der Waals surface area contributed by atoms with Crippen molar-refractivity contribution in [3.63, 3.8) is 0 Å². The molecule has 1 atom stereocenters. The smallest absolute Gasteiger partial charge is 0.0628 e. The van der Waals surface area contributed by atoms with Gasteiger partial charge in [0.1, 0.15) is 0 Å². The molecule has 1 unspecified atom stereocenters. The summed E-state index contributed by atoms with van der Waals surface area (Å²) in [5, 5.41) is 10.3. The van der Waals surface area contributed by atoms with Crippen LogP contribution in [0, 0.1) is 13.8 Å². The molecule has 0 saturated carbocycles. The number of hydrogen-bond acceptors (Lipinski definition) is 3. The monoisotopic (exact) mass is 291 g/mol. The standard InChI is InChI=1S/C16H25N3S/c1-5-10-17-15(16-7-6-11-20-16)9-8-14-12(2)18-19(4)13(14)3/h6-7,11,15,17H,5,8-10H2,1-4H3. The van der Waals surface area contributed by atoms with Gasteiger partial charge in [-0.25, -0.2) is 0 Å². The van der Waals surface area contributed by atoms with E-state index in [0.29, 0.717) is 6.04 Å². The van der Waals surface area contributed by atoms with Crippen molar-refractivity contribution < 1.29 is 0 Å². The Bertz CT molecular complexity index is 528. The average Bonchev–Trinajstić information content (AvgIpc) is 3.02. The van der Waals surface area contributed by atoms with Crippen LogP contribution in [0.3, 0.4) is 0 Å². The van der Waals surface area contributed by atoms with Crippen molar-refractivity contribution in [3.05, 3.63) is 39.3 Å². The van der Waals surface area contributed by atoms with Gasteiger partial charge in [0.25, 0.3) is 0 Å². The number of nitrogens with one attached hydrogen (secondary N) is 1. The Labute approximate surface area is 126 Å². The summed E-state index contributed by atoms with van der Waals surface area (Å²) in [7, 11) is 2.03. The van der Waals surface area contributed by atoms with Gasteiger partial charge in [0.05, 0.1) is 5.69 Å². The van der Waals surface area contributed by atoms with E-state index < -0.39 is 0 Å². The van der Waals surface area contributed by atoms with Gasteiger partial charge in [0, 0.05) is 23.7 Å². The molecule has 0 bridgehead atoms. The largest absolute Gasteiger partial charge is 0.309 e. The van der Waals surface area contributed by atoms with Crippen molar-refractivity contribution in [1.29, 1.82) is 0 Å². The van der Waals surface area contributed by atoms with Crippen molar-refractivity contribution in [1.82, 2.24) is 15.1 Å². The van der Waals surface area contributed by atoms with E-state index in [2.05, 4.69) is 48.7 Å². The average molecular weight is 291 g/mol. The van der Waals surface area contributed by atoms with Gasteiger partial charge in [-0.3, -0.25) is 4.68 Å². The van der Waals surface area contributed by atoms with Crippen LogP contribution in [0.5, 0.6) is 0 Å². The maximum atomic E-state index is 4.51. The predicted molar refractivity (Wildman–Crippen MR) is 86.4 cm³/mol. The molecular formula is C16H25N3S. The van der Waals surface area contributed by atoms with Crippen LogP contribution < -0.4 is 5.32 Å². The zero-order chi connectivity index (χ0) is 14.5. The number of aromatic nitrogens is 2.